The topological polar surface area (TPSA) is 92.8 Å². The highest BCUT2D eigenvalue weighted by molar-refractivity contribution is 7.92. The summed E-state index contributed by atoms with van der Waals surface area (Å²) in [5, 5.41) is 2.84. The summed E-state index contributed by atoms with van der Waals surface area (Å²) in [4.78, 5) is 25.6. The van der Waals surface area contributed by atoms with E-state index in [-0.39, 0.29) is 10.5 Å². The summed E-state index contributed by atoms with van der Waals surface area (Å²) in [6.45, 7) is 4.04. The molecule has 0 unspecified atom stereocenters. The minimum atomic E-state index is -3.88. The lowest BCUT2D eigenvalue weighted by molar-refractivity contribution is -0.150. The second kappa shape index (κ2) is 9.32. The van der Waals surface area contributed by atoms with Gasteiger partial charge in [-0.1, -0.05) is 30.7 Å². The molecule has 172 valence electrons. The van der Waals surface area contributed by atoms with Gasteiger partial charge in [0.1, 0.15) is 5.54 Å². The predicted molar refractivity (Wildman–Crippen MR) is 123 cm³/mol. The Morgan fingerprint density at radius 2 is 1.72 bits per heavy atom. The molecule has 0 radical (unpaired) electrons. The van der Waals surface area contributed by atoms with Gasteiger partial charge in [-0.3, -0.25) is 9.10 Å². The summed E-state index contributed by atoms with van der Waals surface area (Å²) in [6.07, 6.45) is 2.57. The molecule has 0 bridgehead atoms. The molecule has 0 spiro atoms. The molecule has 8 heteroatoms. The summed E-state index contributed by atoms with van der Waals surface area (Å²) < 4.78 is 32.5. The van der Waals surface area contributed by atoms with Gasteiger partial charge in [0.2, 0.25) is 0 Å². The van der Waals surface area contributed by atoms with Gasteiger partial charge in [0.15, 0.2) is 0 Å². The van der Waals surface area contributed by atoms with Gasteiger partial charge in [-0.15, -0.1) is 0 Å². The highest BCUT2D eigenvalue weighted by atomic mass is 32.2. The molecule has 0 saturated heterocycles. The highest BCUT2D eigenvalue weighted by Crippen LogP contribution is 2.33. The van der Waals surface area contributed by atoms with Crippen LogP contribution in [0.15, 0.2) is 53.4 Å². The minimum Gasteiger partial charge on any atom is -0.467 e. The molecule has 1 saturated carbocycles. The molecule has 2 aromatic rings. The Labute approximate surface area is 189 Å². The van der Waals surface area contributed by atoms with Crippen LogP contribution in [0, 0.1) is 12.8 Å². The molecule has 1 fully saturated rings. The van der Waals surface area contributed by atoms with Gasteiger partial charge in [0.05, 0.1) is 17.7 Å². The zero-order chi connectivity index (χ0) is 23.5. The van der Waals surface area contributed by atoms with Crippen LogP contribution in [0.1, 0.15) is 48.5 Å². The Kier molecular flexibility index (Phi) is 6.93. The first-order valence-electron chi connectivity index (χ1n) is 10.7. The molecular weight excluding hydrogens is 428 g/mol. The van der Waals surface area contributed by atoms with E-state index >= 15 is 0 Å². The maximum atomic E-state index is 13.2. The zero-order valence-electron chi connectivity index (χ0n) is 18.9. The van der Waals surface area contributed by atoms with Crippen LogP contribution in [0.3, 0.4) is 0 Å². The standard InChI is InChI=1S/C24H30N2O5S/c1-17-8-10-20(11-9-17)26(3)32(29,30)21-7-5-6-19(16-21)22(27)25-24(23(28)31-4)14-12-18(2)13-15-24/h5-11,16,18H,12-15H2,1-4H3,(H,25,27). The third-order valence-corrected chi connectivity index (χ3v) is 7.99. The van der Waals surface area contributed by atoms with Crippen molar-refractivity contribution in [3.8, 4) is 0 Å². The lowest BCUT2D eigenvalue weighted by Crippen LogP contribution is -2.56. The van der Waals surface area contributed by atoms with Gasteiger partial charge < -0.3 is 10.1 Å². The van der Waals surface area contributed by atoms with E-state index in [1.165, 1.54) is 42.7 Å². The van der Waals surface area contributed by atoms with E-state index in [9.17, 15) is 18.0 Å². The van der Waals surface area contributed by atoms with Crippen molar-refractivity contribution in [1.82, 2.24) is 5.32 Å². The number of carbonyl (C=O) groups excluding carboxylic acids is 2. The van der Waals surface area contributed by atoms with Crippen molar-refractivity contribution >= 4 is 27.6 Å². The first-order valence-corrected chi connectivity index (χ1v) is 12.1. The van der Waals surface area contributed by atoms with Crippen LogP contribution in [0.4, 0.5) is 5.69 Å². The van der Waals surface area contributed by atoms with Crippen LogP contribution in [0.2, 0.25) is 0 Å². The molecule has 0 aliphatic heterocycles. The maximum Gasteiger partial charge on any atom is 0.331 e. The Hall–Kier alpha value is -2.87. The lowest BCUT2D eigenvalue weighted by Gasteiger charge is -2.37. The monoisotopic (exact) mass is 458 g/mol. The number of nitrogens with zero attached hydrogens (tertiary/aromatic N) is 1. The molecule has 0 heterocycles. The highest BCUT2D eigenvalue weighted by Gasteiger charge is 2.43. The third-order valence-electron chi connectivity index (χ3n) is 6.21. The van der Waals surface area contributed by atoms with Crippen LogP contribution in [-0.2, 0) is 19.6 Å². The Balaban J connectivity index is 1.86. The molecule has 7 nitrogen and oxygen atoms in total. The fraction of sp³-hybridized carbons (Fsp3) is 0.417. The Bertz CT molecular complexity index is 1090. The Morgan fingerprint density at radius 1 is 1.09 bits per heavy atom. The molecule has 1 aliphatic carbocycles. The van der Waals surface area contributed by atoms with Gasteiger partial charge in [-0.25, -0.2) is 13.2 Å². The number of rotatable bonds is 6. The van der Waals surface area contributed by atoms with Crippen molar-refractivity contribution in [3.63, 3.8) is 0 Å². The molecular formula is C24H30N2O5S. The van der Waals surface area contributed by atoms with Gasteiger partial charge in [-0.05, 0) is 68.9 Å². The number of anilines is 1. The first kappa shape index (κ1) is 23.8. The number of hydrogen-bond acceptors (Lipinski definition) is 5. The number of carbonyl (C=O) groups is 2. The van der Waals surface area contributed by atoms with Crippen molar-refractivity contribution in [2.75, 3.05) is 18.5 Å². The summed E-state index contributed by atoms with van der Waals surface area (Å²) in [6, 6.07) is 13.0. The molecule has 0 aromatic heterocycles. The number of esters is 1. The van der Waals surface area contributed by atoms with E-state index in [0.29, 0.717) is 24.4 Å². The van der Waals surface area contributed by atoms with E-state index in [2.05, 4.69) is 12.2 Å². The number of methoxy groups -OCH3 is 1. The number of amides is 1. The number of benzene rings is 2. The Morgan fingerprint density at radius 3 is 2.31 bits per heavy atom. The minimum absolute atomic E-state index is 0.00221. The number of nitrogens with one attached hydrogen (secondary N) is 1. The molecule has 3 rings (SSSR count). The van der Waals surface area contributed by atoms with E-state index < -0.39 is 27.4 Å². The number of aryl methyl sites for hydroxylation is 1. The van der Waals surface area contributed by atoms with Crippen molar-refractivity contribution < 1.29 is 22.7 Å². The fourth-order valence-corrected chi connectivity index (χ4v) is 5.21. The van der Waals surface area contributed by atoms with E-state index in [4.69, 9.17) is 4.74 Å². The average molecular weight is 459 g/mol. The summed E-state index contributed by atoms with van der Waals surface area (Å²) >= 11 is 0. The van der Waals surface area contributed by atoms with Crippen LogP contribution in [-0.4, -0.2) is 40.0 Å². The average Bonchev–Trinajstić information content (AvgIpc) is 2.80. The largest absolute Gasteiger partial charge is 0.467 e. The predicted octanol–water partition coefficient (Wildman–Crippen LogP) is 3.67. The SMILES string of the molecule is COC(=O)C1(NC(=O)c2cccc(S(=O)(=O)N(C)c3ccc(C)cc3)c2)CCC(C)CC1. The van der Waals surface area contributed by atoms with E-state index in [1.54, 1.807) is 12.1 Å². The number of sulfonamides is 1. The molecule has 1 amide bonds. The molecule has 1 N–H and O–H groups in total. The van der Waals surface area contributed by atoms with Gasteiger partial charge in [0, 0.05) is 12.6 Å². The quantitative estimate of drug-likeness (QED) is 0.667. The molecule has 0 atom stereocenters. The maximum absolute atomic E-state index is 13.2. The number of ether oxygens (including phenoxy) is 1. The second-order valence-corrected chi connectivity index (χ2v) is 10.5. The van der Waals surface area contributed by atoms with Crippen molar-refractivity contribution in [3.05, 3.63) is 59.7 Å². The van der Waals surface area contributed by atoms with Crippen LogP contribution >= 0.6 is 0 Å². The third kappa shape index (κ3) is 4.80. The van der Waals surface area contributed by atoms with Crippen molar-refractivity contribution in [2.24, 2.45) is 5.92 Å². The van der Waals surface area contributed by atoms with E-state index in [1.807, 2.05) is 19.1 Å². The zero-order valence-corrected chi connectivity index (χ0v) is 19.7. The van der Waals surface area contributed by atoms with E-state index in [0.717, 1.165) is 18.4 Å². The lowest BCUT2D eigenvalue weighted by atomic mass is 9.77. The van der Waals surface area contributed by atoms with Crippen LogP contribution in [0.25, 0.3) is 0 Å². The molecule has 32 heavy (non-hydrogen) atoms. The molecule has 2 aromatic carbocycles. The second-order valence-electron chi connectivity index (χ2n) is 8.55. The number of hydrogen-bond donors (Lipinski definition) is 1. The fourth-order valence-electron chi connectivity index (χ4n) is 3.97. The first-order chi connectivity index (χ1) is 15.1. The molecule has 1 aliphatic rings. The summed E-state index contributed by atoms with van der Waals surface area (Å²) in [7, 11) is -1.09. The van der Waals surface area contributed by atoms with Crippen molar-refractivity contribution in [1.29, 1.82) is 0 Å². The van der Waals surface area contributed by atoms with Gasteiger partial charge in [-0.2, -0.15) is 0 Å². The van der Waals surface area contributed by atoms with Crippen LogP contribution < -0.4 is 9.62 Å². The van der Waals surface area contributed by atoms with Gasteiger partial charge in [0.25, 0.3) is 15.9 Å². The van der Waals surface area contributed by atoms with Gasteiger partial charge >= 0.3 is 5.97 Å². The van der Waals surface area contributed by atoms with Crippen molar-refractivity contribution in [2.45, 2.75) is 50.0 Å². The summed E-state index contributed by atoms with van der Waals surface area (Å²) in [5.74, 6) is -0.504. The summed E-state index contributed by atoms with van der Waals surface area (Å²) in [5.41, 5.74) is 0.623. The normalized spacial score (nSPS) is 20.9. The smallest absolute Gasteiger partial charge is 0.331 e. The van der Waals surface area contributed by atoms with Crippen LogP contribution in [0.5, 0.6) is 0 Å².